The molecule has 0 saturated heterocycles. The maximum absolute atomic E-state index is 13.3. The SMILES string of the molecule is CC[C@@H](Sc1nc2nccnc2c(=O)n1Cc1ccc(OC)cc1)C(=O)Nc1cccc(OC)c1. The number of anilines is 1. The van der Waals surface area contributed by atoms with E-state index in [-0.39, 0.29) is 29.2 Å². The molecule has 0 bridgehead atoms. The summed E-state index contributed by atoms with van der Waals surface area (Å²) in [7, 11) is 3.17. The number of amides is 1. The number of carbonyl (C=O) groups excluding carboxylic acids is 1. The number of thioether (sulfide) groups is 1. The molecule has 2 aromatic heterocycles. The van der Waals surface area contributed by atoms with Crippen molar-refractivity contribution in [1.82, 2.24) is 19.5 Å². The van der Waals surface area contributed by atoms with Gasteiger partial charge in [0, 0.05) is 24.1 Å². The molecular weight excluding hydrogens is 466 g/mol. The van der Waals surface area contributed by atoms with Crippen molar-refractivity contribution in [3.63, 3.8) is 0 Å². The first-order chi connectivity index (χ1) is 17.0. The van der Waals surface area contributed by atoms with Gasteiger partial charge in [0.1, 0.15) is 11.5 Å². The van der Waals surface area contributed by atoms with Gasteiger partial charge in [-0.3, -0.25) is 14.2 Å². The van der Waals surface area contributed by atoms with Crippen LogP contribution in [0.15, 0.2) is 70.9 Å². The molecule has 10 heteroatoms. The Morgan fingerprint density at radius 1 is 1.06 bits per heavy atom. The number of fused-ring (bicyclic) bond motifs is 1. The zero-order valence-electron chi connectivity index (χ0n) is 19.6. The third-order valence-electron chi connectivity index (χ3n) is 5.31. The fourth-order valence-corrected chi connectivity index (χ4v) is 4.45. The Hall–Kier alpha value is -3.92. The lowest BCUT2D eigenvalue weighted by atomic mass is 10.2. The molecule has 35 heavy (non-hydrogen) atoms. The molecule has 1 amide bonds. The molecule has 0 fully saturated rings. The van der Waals surface area contributed by atoms with Crippen LogP contribution in [0.1, 0.15) is 18.9 Å². The Labute approximate surface area is 206 Å². The Morgan fingerprint density at radius 2 is 1.80 bits per heavy atom. The van der Waals surface area contributed by atoms with E-state index in [4.69, 9.17) is 9.47 Å². The lowest BCUT2D eigenvalue weighted by Crippen LogP contribution is -2.29. The molecule has 2 heterocycles. The van der Waals surface area contributed by atoms with Crippen molar-refractivity contribution >= 4 is 34.5 Å². The van der Waals surface area contributed by atoms with Crippen LogP contribution < -0.4 is 20.3 Å². The summed E-state index contributed by atoms with van der Waals surface area (Å²) in [4.78, 5) is 39.4. The van der Waals surface area contributed by atoms with Crippen LogP contribution in [0.4, 0.5) is 5.69 Å². The summed E-state index contributed by atoms with van der Waals surface area (Å²) in [6.07, 6.45) is 3.48. The Balaban J connectivity index is 1.66. The molecule has 0 aliphatic carbocycles. The predicted molar refractivity (Wildman–Crippen MR) is 135 cm³/mol. The van der Waals surface area contributed by atoms with Crippen LogP contribution in [-0.2, 0) is 11.3 Å². The van der Waals surface area contributed by atoms with Crippen LogP contribution in [0.3, 0.4) is 0 Å². The highest BCUT2D eigenvalue weighted by Gasteiger charge is 2.23. The average Bonchev–Trinajstić information content (AvgIpc) is 2.89. The maximum Gasteiger partial charge on any atom is 0.282 e. The first kappa shape index (κ1) is 24.2. The summed E-state index contributed by atoms with van der Waals surface area (Å²) in [5, 5.41) is 2.82. The molecule has 2 aromatic carbocycles. The molecule has 0 saturated carbocycles. The van der Waals surface area contributed by atoms with Gasteiger partial charge in [-0.25, -0.2) is 15.0 Å². The number of rotatable bonds is 9. The number of hydrogen-bond acceptors (Lipinski definition) is 8. The van der Waals surface area contributed by atoms with E-state index in [1.54, 1.807) is 38.5 Å². The lowest BCUT2D eigenvalue weighted by molar-refractivity contribution is -0.115. The Morgan fingerprint density at radius 3 is 2.51 bits per heavy atom. The summed E-state index contributed by atoms with van der Waals surface area (Å²) in [6, 6.07) is 14.6. The topological polar surface area (TPSA) is 108 Å². The van der Waals surface area contributed by atoms with Crippen molar-refractivity contribution < 1.29 is 14.3 Å². The van der Waals surface area contributed by atoms with Crippen molar-refractivity contribution in [2.45, 2.75) is 30.3 Å². The van der Waals surface area contributed by atoms with Gasteiger partial charge >= 0.3 is 0 Å². The number of methoxy groups -OCH3 is 2. The van der Waals surface area contributed by atoms with Gasteiger partial charge in [-0.1, -0.05) is 36.9 Å². The van der Waals surface area contributed by atoms with Crippen LogP contribution >= 0.6 is 11.8 Å². The highest BCUT2D eigenvalue weighted by atomic mass is 32.2. The average molecular weight is 492 g/mol. The van der Waals surface area contributed by atoms with Crippen molar-refractivity contribution in [2.75, 3.05) is 19.5 Å². The van der Waals surface area contributed by atoms with Crippen molar-refractivity contribution in [3.8, 4) is 11.5 Å². The number of carbonyl (C=O) groups is 1. The number of aromatic nitrogens is 4. The molecule has 0 aliphatic heterocycles. The Bertz CT molecular complexity index is 1390. The third-order valence-corrected chi connectivity index (χ3v) is 6.66. The standard InChI is InChI=1S/C25H25N5O4S/c1-4-20(23(31)28-17-6-5-7-19(14-17)34-3)35-25-29-22-21(26-12-13-27-22)24(32)30(25)15-16-8-10-18(33-2)11-9-16/h5-14,20H,4,15H2,1-3H3,(H,28,31)/t20-/m1/s1. The second-order valence-electron chi connectivity index (χ2n) is 7.60. The van der Waals surface area contributed by atoms with Gasteiger partial charge in [-0.15, -0.1) is 0 Å². The van der Waals surface area contributed by atoms with E-state index in [9.17, 15) is 9.59 Å². The minimum atomic E-state index is -0.496. The normalized spacial score (nSPS) is 11.7. The molecule has 0 aliphatic rings. The van der Waals surface area contributed by atoms with Crippen molar-refractivity contribution in [2.24, 2.45) is 0 Å². The van der Waals surface area contributed by atoms with E-state index in [1.807, 2.05) is 31.2 Å². The molecule has 4 aromatic rings. The van der Waals surface area contributed by atoms with E-state index in [0.29, 0.717) is 23.0 Å². The molecule has 180 valence electrons. The highest BCUT2D eigenvalue weighted by Crippen LogP contribution is 2.27. The summed E-state index contributed by atoms with van der Waals surface area (Å²) in [5.41, 5.74) is 1.62. The minimum Gasteiger partial charge on any atom is -0.497 e. The summed E-state index contributed by atoms with van der Waals surface area (Å²) < 4.78 is 12.0. The monoisotopic (exact) mass is 491 g/mol. The molecule has 0 radical (unpaired) electrons. The maximum atomic E-state index is 13.3. The van der Waals surface area contributed by atoms with Gasteiger partial charge in [0.15, 0.2) is 16.3 Å². The summed E-state index contributed by atoms with van der Waals surface area (Å²) >= 11 is 1.22. The number of nitrogens with one attached hydrogen (secondary N) is 1. The van der Waals surface area contributed by atoms with Crippen LogP contribution in [0.2, 0.25) is 0 Å². The minimum absolute atomic E-state index is 0.180. The highest BCUT2D eigenvalue weighted by molar-refractivity contribution is 8.00. The van der Waals surface area contributed by atoms with Crippen LogP contribution in [0.5, 0.6) is 11.5 Å². The van der Waals surface area contributed by atoms with Gasteiger partial charge in [0.05, 0.1) is 26.0 Å². The fourth-order valence-electron chi connectivity index (χ4n) is 3.45. The van der Waals surface area contributed by atoms with Crippen molar-refractivity contribution in [3.05, 3.63) is 76.8 Å². The summed E-state index contributed by atoms with van der Waals surface area (Å²) in [5.74, 6) is 1.17. The second kappa shape index (κ2) is 11.0. The number of nitrogens with zero attached hydrogens (tertiary/aromatic N) is 4. The zero-order valence-corrected chi connectivity index (χ0v) is 20.4. The number of hydrogen-bond donors (Lipinski definition) is 1. The molecule has 1 N–H and O–H groups in total. The quantitative estimate of drug-likeness (QED) is 0.279. The van der Waals surface area contributed by atoms with Gasteiger partial charge in [-0.2, -0.15) is 0 Å². The largest absolute Gasteiger partial charge is 0.497 e. The van der Waals surface area contributed by atoms with Crippen LogP contribution in [0.25, 0.3) is 11.2 Å². The van der Waals surface area contributed by atoms with Crippen LogP contribution in [-0.4, -0.2) is 44.9 Å². The van der Waals surface area contributed by atoms with Crippen LogP contribution in [0, 0.1) is 0 Å². The van der Waals surface area contributed by atoms with E-state index < -0.39 is 5.25 Å². The Kier molecular flexibility index (Phi) is 7.61. The molecule has 1 atom stereocenters. The van der Waals surface area contributed by atoms with Crippen molar-refractivity contribution in [1.29, 1.82) is 0 Å². The van der Waals surface area contributed by atoms with E-state index in [1.165, 1.54) is 28.7 Å². The lowest BCUT2D eigenvalue weighted by Gasteiger charge is -2.18. The molecule has 4 rings (SSSR count). The number of ether oxygens (including phenoxy) is 2. The first-order valence-corrected chi connectivity index (χ1v) is 11.9. The molecule has 0 spiro atoms. The van der Waals surface area contributed by atoms with Gasteiger partial charge in [0.25, 0.3) is 5.56 Å². The second-order valence-corrected chi connectivity index (χ2v) is 8.77. The van der Waals surface area contributed by atoms with E-state index >= 15 is 0 Å². The van der Waals surface area contributed by atoms with E-state index in [0.717, 1.165) is 11.3 Å². The molecule has 9 nitrogen and oxygen atoms in total. The predicted octanol–water partition coefficient (Wildman–Crippen LogP) is 3.76. The first-order valence-electron chi connectivity index (χ1n) is 11.0. The molecule has 0 unspecified atom stereocenters. The smallest absolute Gasteiger partial charge is 0.282 e. The number of benzene rings is 2. The fraction of sp³-hybridized carbons (Fsp3) is 0.240. The van der Waals surface area contributed by atoms with Gasteiger partial charge < -0.3 is 14.8 Å². The van der Waals surface area contributed by atoms with Gasteiger partial charge in [0.2, 0.25) is 5.91 Å². The van der Waals surface area contributed by atoms with E-state index in [2.05, 4.69) is 20.3 Å². The zero-order chi connectivity index (χ0) is 24.8. The van der Waals surface area contributed by atoms with Gasteiger partial charge in [-0.05, 0) is 36.2 Å². The third kappa shape index (κ3) is 5.60. The summed E-state index contributed by atoms with van der Waals surface area (Å²) in [6.45, 7) is 2.17. The molecular formula is C25H25N5O4S.